The summed E-state index contributed by atoms with van der Waals surface area (Å²) >= 11 is 1.36. The van der Waals surface area contributed by atoms with E-state index in [9.17, 15) is 9.59 Å². The number of thioether (sulfide) groups is 1. The zero-order valence-corrected chi connectivity index (χ0v) is 17.2. The van der Waals surface area contributed by atoms with Gasteiger partial charge in [-0.05, 0) is 57.4 Å². The van der Waals surface area contributed by atoms with Crippen LogP contribution in [0.15, 0.2) is 53.7 Å². The van der Waals surface area contributed by atoms with Crippen molar-refractivity contribution in [3.8, 4) is 5.69 Å². The minimum Gasteiger partial charge on any atom is -0.454 e. The van der Waals surface area contributed by atoms with Crippen molar-refractivity contribution >= 4 is 23.5 Å². The second-order valence-corrected chi connectivity index (χ2v) is 7.31. The van der Waals surface area contributed by atoms with Gasteiger partial charge in [-0.2, -0.15) is 0 Å². The van der Waals surface area contributed by atoms with Gasteiger partial charge >= 0.3 is 5.97 Å². The Bertz CT molecular complexity index is 1020. The van der Waals surface area contributed by atoms with Gasteiger partial charge in [0.2, 0.25) is 5.78 Å². The highest BCUT2D eigenvalue weighted by molar-refractivity contribution is 7.98. The predicted octanol–water partition coefficient (Wildman–Crippen LogP) is 4.56. The molecule has 0 N–H and O–H groups in total. The average molecular weight is 394 g/mol. The lowest BCUT2D eigenvalue weighted by Gasteiger charge is -2.10. The molecule has 3 aromatic rings. The van der Waals surface area contributed by atoms with Crippen molar-refractivity contribution in [3.05, 3.63) is 76.7 Å². The molecule has 0 spiro atoms. The first-order valence-corrected chi connectivity index (χ1v) is 10.1. The summed E-state index contributed by atoms with van der Waals surface area (Å²) in [6.45, 7) is 5.58. The molecule has 0 bridgehead atoms. The van der Waals surface area contributed by atoms with Crippen LogP contribution in [0.25, 0.3) is 5.69 Å². The van der Waals surface area contributed by atoms with Gasteiger partial charge in [-0.3, -0.25) is 4.79 Å². The molecule has 2 heterocycles. The molecule has 3 rings (SSSR count). The number of rotatable bonds is 6. The maximum atomic E-state index is 12.7. The van der Waals surface area contributed by atoms with E-state index in [4.69, 9.17) is 4.74 Å². The monoisotopic (exact) mass is 394 g/mol. The van der Waals surface area contributed by atoms with Crippen molar-refractivity contribution in [1.82, 2.24) is 9.55 Å². The van der Waals surface area contributed by atoms with Crippen LogP contribution in [0.3, 0.4) is 0 Å². The van der Waals surface area contributed by atoms with Crippen LogP contribution < -0.4 is 0 Å². The van der Waals surface area contributed by atoms with Gasteiger partial charge in [0, 0.05) is 28.8 Å². The number of hydrogen-bond donors (Lipinski definition) is 0. The first kappa shape index (κ1) is 19.9. The lowest BCUT2D eigenvalue weighted by Crippen LogP contribution is -2.15. The molecule has 0 radical (unpaired) electrons. The molecule has 0 aliphatic heterocycles. The van der Waals surface area contributed by atoms with Gasteiger partial charge in [0.05, 0.1) is 5.56 Å². The van der Waals surface area contributed by atoms with Gasteiger partial charge in [0.1, 0.15) is 5.03 Å². The third-order valence-electron chi connectivity index (χ3n) is 4.54. The number of carbonyl (C=O) groups is 2. The molecule has 0 aliphatic rings. The number of ketones is 1. The van der Waals surface area contributed by atoms with E-state index in [0.717, 1.165) is 17.1 Å². The number of ether oxygens (including phenoxy) is 1. The summed E-state index contributed by atoms with van der Waals surface area (Å²) < 4.78 is 7.29. The van der Waals surface area contributed by atoms with Crippen LogP contribution in [0.5, 0.6) is 0 Å². The Balaban J connectivity index is 1.77. The van der Waals surface area contributed by atoms with Crippen LogP contribution in [-0.2, 0) is 4.74 Å². The van der Waals surface area contributed by atoms with Gasteiger partial charge in [-0.1, -0.05) is 17.7 Å². The zero-order chi connectivity index (χ0) is 20.3. The fraction of sp³-hybridized carbons (Fsp3) is 0.227. The van der Waals surface area contributed by atoms with Crippen molar-refractivity contribution in [1.29, 1.82) is 0 Å². The second-order valence-electron chi connectivity index (χ2n) is 6.52. The Hall–Kier alpha value is -2.86. The SMILES string of the molecule is CSc1ncccc1C(=O)OCC(=O)c1cc(C)n(-c2ccc(C)cc2)c1C. The Morgan fingerprint density at radius 2 is 1.79 bits per heavy atom. The standard InChI is InChI=1S/C22H22N2O3S/c1-14-7-9-17(10-8-14)24-15(2)12-19(16(24)3)20(25)13-27-22(26)18-6-5-11-23-21(18)28-4/h5-12H,13H2,1-4H3. The number of nitrogens with zero attached hydrogens (tertiary/aromatic N) is 2. The highest BCUT2D eigenvalue weighted by Crippen LogP contribution is 2.22. The van der Waals surface area contributed by atoms with Crippen LogP contribution in [-0.4, -0.2) is 34.2 Å². The lowest BCUT2D eigenvalue weighted by atomic mass is 10.1. The molecule has 0 amide bonds. The number of benzene rings is 1. The molecule has 0 fully saturated rings. The molecule has 28 heavy (non-hydrogen) atoms. The number of esters is 1. The molecule has 0 aliphatic carbocycles. The van der Waals surface area contributed by atoms with Crippen LogP contribution in [0.1, 0.15) is 37.7 Å². The molecule has 2 aromatic heterocycles. The van der Waals surface area contributed by atoms with Crippen molar-refractivity contribution < 1.29 is 14.3 Å². The van der Waals surface area contributed by atoms with E-state index in [1.54, 1.807) is 18.3 Å². The molecular formula is C22H22N2O3S. The average Bonchev–Trinajstić information content (AvgIpc) is 3.00. The smallest absolute Gasteiger partial charge is 0.341 e. The van der Waals surface area contributed by atoms with Gasteiger partial charge < -0.3 is 9.30 Å². The van der Waals surface area contributed by atoms with Crippen molar-refractivity contribution in [2.75, 3.05) is 12.9 Å². The van der Waals surface area contributed by atoms with Crippen molar-refractivity contribution in [2.24, 2.45) is 0 Å². The fourth-order valence-electron chi connectivity index (χ4n) is 3.13. The number of aromatic nitrogens is 2. The fourth-order valence-corrected chi connectivity index (χ4v) is 3.67. The largest absolute Gasteiger partial charge is 0.454 e. The predicted molar refractivity (Wildman–Crippen MR) is 111 cm³/mol. The molecule has 5 nitrogen and oxygen atoms in total. The molecule has 6 heteroatoms. The van der Waals surface area contributed by atoms with E-state index < -0.39 is 5.97 Å². The van der Waals surface area contributed by atoms with Crippen LogP contribution >= 0.6 is 11.8 Å². The number of aryl methyl sites for hydroxylation is 2. The summed E-state index contributed by atoms with van der Waals surface area (Å²) in [6, 6.07) is 13.3. The number of hydrogen-bond acceptors (Lipinski definition) is 5. The van der Waals surface area contributed by atoms with Crippen molar-refractivity contribution in [2.45, 2.75) is 25.8 Å². The summed E-state index contributed by atoms with van der Waals surface area (Å²) in [5.41, 5.74) is 4.88. The highest BCUT2D eigenvalue weighted by atomic mass is 32.2. The summed E-state index contributed by atoms with van der Waals surface area (Å²) in [5.74, 6) is -0.771. The number of pyridine rings is 1. The first-order valence-electron chi connectivity index (χ1n) is 8.87. The summed E-state index contributed by atoms with van der Waals surface area (Å²) in [7, 11) is 0. The Morgan fingerprint density at radius 1 is 1.07 bits per heavy atom. The first-order chi connectivity index (χ1) is 13.4. The minimum absolute atomic E-state index is 0.227. The van der Waals surface area contributed by atoms with E-state index in [1.165, 1.54) is 17.3 Å². The topological polar surface area (TPSA) is 61.2 Å². The molecule has 144 valence electrons. The molecule has 0 saturated heterocycles. The van der Waals surface area contributed by atoms with Crippen LogP contribution in [0.2, 0.25) is 0 Å². The van der Waals surface area contributed by atoms with Crippen molar-refractivity contribution in [3.63, 3.8) is 0 Å². The van der Waals surface area contributed by atoms with E-state index in [1.807, 2.05) is 61.9 Å². The second kappa shape index (κ2) is 8.44. The summed E-state index contributed by atoms with van der Waals surface area (Å²) in [6.07, 6.45) is 3.46. The van der Waals surface area contributed by atoms with Crippen LogP contribution in [0.4, 0.5) is 0 Å². The van der Waals surface area contributed by atoms with Gasteiger partial charge in [-0.25, -0.2) is 9.78 Å². The zero-order valence-electron chi connectivity index (χ0n) is 16.4. The Kier molecular flexibility index (Phi) is 5.99. The third kappa shape index (κ3) is 4.02. The molecule has 1 aromatic carbocycles. The summed E-state index contributed by atoms with van der Waals surface area (Å²) in [5, 5.41) is 0.581. The molecule has 0 saturated carbocycles. The van der Waals surface area contributed by atoms with E-state index in [2.05, 4.69) is 4.98 Å². The van der Waals surface area contributed by atoms with Gasteiger partial charge in [0.25, 0.3) is 0 Å². The highest BCUT2D eigenvalue weighted by Gasteiger charge is 2.20. The number of carbonyl (C=O) groups excluding carboxylic acids is 2. The third-order valence-corrected chi connectivity index (χ3v) is 5.25. The van der Waals surface area contributed by atoms with E-state index >= 15 is 0 Å². The molecule has 0 unspecified atom stereocenters. The molecule has 0 atom stereocenters. The normalized spacial score (nSPS) is 10.7. The lowest BCUT2D eigenvalue weighted by molar-refractivity contribution is 0.0470. The maximum absolute atomic E-state index is 12.7. The van der Waals surface area contributed by atoms with E-state index in [-0.39, 0.29) is 12.4 Å². The summed E-state index contributed by atoms with van der Waals surface area (Å²) in [4.78, 5) is 29.2. The van der Waals surface area contributed by atoms with E-state index in [0.29, 0.717) is 16.2 Å². The molecular weight excluding hydrogens is 372 g/mol. The maximum Gasteiger partial charge on any atom is 0.341 e. The van der Waals surface area contributed by atoms with Crippen LogP contribution in [0, 0.1) is 20.8 Å². The minimum atomic E-state index is -0.543. The van der Waals surface area contributed by atoms with Gasteiger partial charge in [-0.15, -0.1) is 11.8 Å². The number of Topliss-reactive ketones (excluding diaryl/α,β-unsaturated/α-hetero) is 1. The Labute approximate surface area is 168 Å². The van der Waals surface area contributed by atoms with Gasteiger partial charge in [0.15, 0.2) is 6.61 Å². The Morgan fingerprint density at radius 3 is 2.46 bits per heavy atom. The quantitative estimate of drug-likeness (QED) is 0.348.